The van der Waals surface area contributed by atoms with Crippen molar-refractivity contribution in [2.75, 3.05) is 43.5 Å². The highest BCUT2D eigenvalue weighted by Crippen LogP contribution is 2.29. The molecule has 7 nitrogen and oxygen atoms in total. The van der Waals surface area contributed by atoms with Crippen LogP contribution in [-0.2, 0) is 9.53 Å². The first-order valence-corrected chi connectivity index (χ1v) is 11.5. The van der Waals surface area contributed by atoms with Gasteiger partial charge < -0.3 is 20.7 Å². The molecule has 0 radical (unpaired) electrons. The van der Waals surface area contributed by atoms with Crippen molar-refractivity contribution in [2.45, 2.75) is 32.1 Å². The van der Waals surface area contributed by atoms with Gasteiger partial charge in [-0.05, 0) is 56.3 Å². The summed E-state index contributed by atoms with van der Waals surface area (Å²) < 4.78 is 5.43. The van der Waals surface area contributed by atoms with Crippen LogP contribution in [0.5, 0.6) is 0 Å². The molecule has 0 spiro atoms. The van der Waals surface area contributed by atoms with E-state index in [2.05, 4.69) is 20.9 Å². The Bertz CT molecular complexity index is 880. The normalized spacial score (nSPS) is 20.1. The van der Waals surface area contributed by atoms with Crippen LogP contribution in [0.1, 0.15) is 32.1 Å². The standard InChI is InChI=1S/C23H30ClN5O2/c24-19-15-27-22(29-23(30)17-4-1-2-9-25-14-17)12-18(19)20-5-3-6-21(28-20)26-13-16-7-10-31-11-8-16/h3,5-6,12,15-17,25H,1-2,4,7-11,13-14H2,(H,26,28)(H,27,29,30). The number of pyridine rings is 2. The maximum atomic E-state index is 12.7. The molecule has 4 rings (SSSR count). The first-order chi connectivity index (χ1) is 15.2. The minimum atomic E-state index is -0.0423. The zero-order chi connectivity index (χ0) is 21.5. The molecule has 2 saturated heterocycles. The summed E-state index contributed by atoms with van der Waals surface area (Å²) >= 11 is 6.43. The van der Waals surface area contributed by atoms with Gasteiger partial charge in [0.25, 0.3) is 0 Å². The second kappa shape index (κ2) is 10.9. The van der Waals surface area contributed by atoms with Crippen molar-refractivity contribution in [3.05, 3.63) is 35.5 Å². The molecule has 166 valence electrons. The Morgan fingerprint density at radius 2 is 2.06 bits per heavy atom. The number of aromatic nitrogens is 2. The second-order valence-electron chi connectivity index (χ2n) is 8.28. The molecular weight excluding hydrogens is 414 g/mol. The largest absolute Gasteiger partial charge is 0.381 e. The first kappa shape index (κ1) is 22.0. The van der Waals surface area contributed by atoms with E-state index in [1.807, 2.05) is 18.2 Å². The lowest BCUT2D eigenvalue weighted by Crippen LogP contribution is -2.31. The summed E-state index contributed by atoms with van der Waals surface area (Å²) in [6.45, 7) is 4.21. The number of carbonyl (C=O) groups is 1. The van der Waals surface area contributed by atoms with E-state index in [0.717, 1.165) is 75.5 Å². The number of amides is 1. The van der Waals surface area contributed by atoms with Crippen molar-refractivity contribution < 1.29 is 9.53 Å². The van der Waals surface area contributed by atoms with Crippen LogP contribution in [0.4, 0.5) is 11.6 Å². The molecular formula is C23H30ClN5O2. The monoisotopic (exact) mass is 443 g/mol. The van der Waals surface area contributed by atoms with Gasteiger partial charge in [0, 0.05) is 38.1 Å². The Morgan fingerprint density at radius 3 is 2.94 bits per heavy atom. The van der Waals surface area contributed by atoms with E-state index in [9.17, 15) is 4.79 Å². The third kappa shape index (κ3) is 6.15. The lowest BCUT2D eigenvalue weighted by atomic mass is 10.0. The number of hydrogen-bond acceptors (Lipinski definition) is 6. The van der Waals surface area contributed by atoms with Gasteiger partial charge in [0.05, 0.1) is 16.6 Å². The summed E-state index contributed by atoms with van der Waals surface area (Å²) in [5, 5.41) is 10.2. The summed E-state index contributed by atoms with van der Waals surface area (Å²) in [5.41, 5.74) is 1.50. The molecule has 2 aliphatic heterocycles. The SMILES string of the molecule is O=C(Nc1cc(-c2cccc(NCC3CCOCC3)n2)c(Cl)cn1)C1CCCCNC1. The number of nitrogens with zero attached hydrogens (tertiary/aromatic N) is 2. The Balaban J connectivity index is 1.44. The van der Waals surface area contributed by atoms with Gasteiger partial charge in [-0.3, -0.25) is 4.79 Å². The predicted molar refractivity (Wildman–Crippen MR) is 123 cm³/mol. The third-order valence-corrected chi connectivity index (χ3v) is 6.26. The van der Waals surface area contributed by atoms with Gasteiger partial charge >= 0.3 is 0 Å². The van der Waals surface area contributed by atoms with E-state index < -0.39 is 0 Å². The van der Waals surface area contributed by atoms with E-state index in [1.165, 1.54) is 0 Å². The molecule has 3 N–H and O–H groups in total. The quantitative estimate of drug-likeness (QED) is 0.626. The Hall–Kier alpha value is -2.22. The molecule has 0 bridgehead atoms. The smallest absolute Gasteiger partial charge is 0.229 e. The maximum absolute atomic E-state index is 12.7. The molecule has 1 amide bonds. The van der Waals surface area contributed by atoms with Gasteiger partial charge in [0.2, 0.25) is 5.91 Å². The van der Waals surface area contributed by atoms with Gasteiger partial charge in [-0.25, -0.2) is 9.97 Å². The van der Waals surface area contributed by atoms with Crippen LogP contribution < -0.4 is 16.0 Å². The molecule has 1 unspecified atom stereocenters. The number of carbonyl (C=O) groups excluding carboxylic acids is 1. The van der Waals surface area contributed by atoms with Crippen molar-refractivity contribution in [1.82, 2.24) is 15.3 Å². The summed E-state index contributed by atoms with van der Waals surface area (Å²) in [6.07, 6.45) is 6.77. The summed E-state index contributed by atoms with van der Waals surface area (Å²) in [4.78, 5) is 21.7. The van der Waals surface area contributed by atoms with Crippen molar-refractivity contribution in [2.24, 2.45) is 11.8 Å². The fourth-order valence-electron chi connectivity index (χ4n) is 4.06. The van der Waals surface area contributed by atoms with Crippen LogP contribution in [0.3, 0.4) is 0 Å². The summed E-state index contributed by atoms with van der Waals surface area (Å²) in [7, 11) is 0. The van der Waals surface area contributed by atoms with Crippen LogP contribution in [0.2, 0.25) is 5.02 Å². The molecule has 4 heterocycles. The zero-order valence-corrected chi connectivity index (χ0v) is 18.5. The van der Waals surface area contributed by atoms with E-state index in [0.29, 0.717) is 23.3 Å². The Kier molecular flexibility index (Phi) is 7.72. The highest BCUT2D eigenvalue weighted by atomic mass is 35.5. The molecule has 1 atom stereocenters. The highest BCUT2D eigenvalue weighted by Gasteiger charge is 2.21. The number of rotatable bonds is 6. The molecule has 8 heteroatoms. The van der Waals surface area contributed by atoms with E-state index in [-0.39, 0.29) is 11.8 Å². The van der Waals surface area contributed by atoms with Gasteiger partial charge in [-0.1, -0.05) is 24.1 Å². The molecule has 2 aromatic heterocycles. The third-order valence-electron chi connectivity index (χ3n) is 5.96. The van der Waals surface area contributed by atoms with E-state index in [1.54, 1.807) is 12.3 Å². The van der Waals surface area contributed by atoms with Crippen LogP contribution in [0.15, 0.2) is 30.5 Å². The summed E-state index contributed by atoms with van der Waals surface area (Å²) in [5.74, 6) is 1.86. The fraction of sp³-hybridized carbons (Fsp3) is 0.522. The van der Waals surface area contributed by atoms with Crippen molar-refractivity contribution >= 4 is 29.1 Å². The first-order valence-electron chi connectivity index (χ1n) is 11.2. The molecule has 31 heavy (non-hydrogen) atoms. The lowest BCUT2D eigenvalue weighted by molar-refractivity contribution is -0.119. The molecule has 0 saturated carbocycles. The number of nitrogens with one attached hydrogen (secondary N) is 3. The topological polar surface area (TPSA) is 88.2 Å². The van der Waals surface area contributed by atoms with Crippen LogP contribution in [0.25, 0.3) is 11.3 Å². The van der Waals surface area contributed by atoms with Crippen LogP contribution in [0, 0.1) is 11.8 Å². The van der Waals surface area contributed by atoms with Crippen LogP contribution >= 0.6 is 11.6 Å². The summed E-state index contributed by atoms with van der Waals surface area (Å²) in [6, 6.07) is 7.64. The maximum Gasteiger partial charge on any atom is 0.229 e. The Morgan fingerprint density at radius 1 is 1.19 bits per heavy atom. The van der Waals surface area contributed by atoms with Crippen molar-refractivity contribution in [1.29, 1.82) is 0 Å². The van der Waals surface area contributed by atoms with Gasteiger partial charge in [-0.2, -0.15) is 0 Å². The molecule has 0 aliphatic carbocycles. The zero-order valence-electron chi connectivity index (χ0n) is 17.7. The average molecular weight is 444 g/mol. The minimum absolute atomic E-state index is 0.00462. The van der Waals surface area contributed by atoms with Gasteiger partial charge in [0.15, 0.2) is 0 Å². The Labute approximate surface area is 188 Å². The lowest BCUT2D eigenvalue weighted by Gasteiger charge is -2.22. The number of halogens is 1. The van der Waals surface area contributed by atoms with Crippen molar-refractivity contribution in [3.8, 4) is 11.3 Å². The number of hydrogen-bond donors (Lipinski definition) is 3. The van der Waals surface area contributed by atoms with Gasteiger partial charge in [-0.15, -0.1) is 0 Å². The highest BCUT2D eigenvalue weighted by molar-refractivity contribution is 6.33. The van der Waals surface area contributed by atoms with Crippen LogP contribution in [-0.4, -0.2) is 48.7 Å². The minimum Gasteiger partial charge on any atom is -0.381 e. The second-order valence-corrected chi connectivity index (χ2v) is 8.69. The number of anilines is 2. The van der Waals surface area contributed by atoms with Gasteiger partial charge in [0.1, 0.15) is 11.6 Å². The molecule has 2 aliphatic rings. The molecule has 2 fully saturated rings. The average Bonchev–Trinajstić information content (AvgIpc) is 3.10. The molecule has 0 aromatic carbocycles. The van der Waals surface area contributed by atoms with E-state index in [4.69, 9.17) is 21.3 Å². The van der Waals surface area contributed by atoms with E-state index >= 15 is 0 Å². The predicted octanol–water partition coefficient (Wildman–Crippen LogP) is 3.96. The fourth-order valence-corrected chi connectivity index (χ4v) is 4.26. The number of ether oxygens (including phenoxy) is 1. The van der Waals surface area contributed by atoms with Crippen molar-refractivity contribution in [3.63, 3.8) is 0 Å². The molecule has 2 aromatic rings.